The van der Waals surface area contributed by atoms with Gasteiger partial charge in [0.25, 0.3) is 0 Å². The Morgan fingerprint density at radius 2 is 2.19 bits per heavy atom. The summed E-state index contributed by atoms with van der Waals surface area (Å²) in [5, 5.41) is 4.97. The van der Waals surface area contributed by atoms with E-state index in [1.807, 2.05) is 48.7 Å². The summed E-state index contributed by atoms with van der Waals surface area (Å²) in [6.07, 6.45) is 3.45. The molecule has 0 saturated carbocycles. The molecule has 0 fully saturated rings. The lowest BCUT2D eigenvalue weighted by atomic mass is 10.2. The maximum atomic E-state index is 12.4. The number of aliphatic imine (C=N–C) groups is 1. The second-order valence-electron chi connectivity index (χ2n) is 6.36. The molecule has 2 aromatic heterocycles. The molecule has 6 nitrogen and oxygen atoms in total. The summed E-state index contributed by atoms with van der Waals surface area (Å²) in [5.74, 6) is 0.669. The molecule has 1 atom stereocenters. The molecule has 1 amide bonds. The molecule has 4 aromatic rings. The molecule has 158 valence electrons. The summed E-state index contributed by atoms with van der Waals surface area (Å²) in [4.78, 5) is 25.7. The van der Waals surface area contributed by atoms with Crippen LogP contribution in [0.1, 0.15) is 12.5 Å². The van der Waals surface area contributed by atoms with Gasteiger partial charge < -0.3 is 10.1 Å². The lowest BCUT2D eigenvalue weighted by molar-refractivity contribution is -0.115. The third-order valence-electron chi connectivity index (χ3n) is 4.21. The number of thioether (sulfide) groups is 1. The standard InChI is InChI=1S/C21H17BrN4O2S3/c1-12(19(27)26-20-23-7-8-29-20)30-21-25-16-5-4-15(10-18(16)31-21)24-11-13-9-14(22)3-6-17(13)28-2/h3-12H,1-2H3,(H,23,26,27)/t12-/m0/s1. The van der Waals surface area contributed by atoms with E-state index < -0.39 is 0 Å². The minimum atomic E-state index is -0.286. The number of thiazole rings is 2. The number of amides is 1. The average Bonchev–Trinajstić information content (AvgIpc) is 3.41. The highest BCUT2D eigenvalue weighted by molar-refractivity contribution is 9.10. The number of ether oxygens (including phenoxy) is 1. The van der Waals surface area contributed by atoms with Crippen LogP contribution in [0, 0.1) is 0 Å². The van der Waals surface area contributed by atoms with Gasteiger partial charge in [0, 0.05) is 27.8 Å². The fourth-order valence-electron chi connectivity index (χ4n) is 2.67. The number of nitrogens with one attached hydrogen (secondary N) is 1. The Morgan fingerprint density at radius 1 is 1.32 bits per heavy atom. The molecule has 4 rings (SSSR count). The highest BCUT2D eigenvalue weighted by Crippen LogP contribution is 2.34. The third kappa shape index (κ3) is 5.51. The monoisotopic (exact) mass is 532 g/mol. The van der Waals surface area contributed by atoms with Crippen LogP contribution >= 0.6 is 50.4 Å². The summed E-state index contributed by atoms with van der Waals surface area (Å²) in [6, 6.07) is 11.7. The van der Waals surface area contributed by atoms with Gasteiger partial charge in [-0.1, -0.05) is 27.7 Å². The van der Waals surface area contributed by atoms with E-state index in [1.54, 1.807) is 30.9 Å². The van der Waals surface area contributed by atoms with E-state index in [0.29, 0.717) is 5.13 Å². The first-order chi connectivity index (χ1) is 15.0. The number of nitrogens with zero attached hydrogens (tertiary/aromatic N) is 3. The second kappa shape index (κ2) is 9.90. The lowest BCUT2D eigenvalue weighted by Crippen LogP contribution is -2.22. The Hall–Kier alpha value is -2.27. The van der Waals surface area contributed by atoms with Crippen molar-refractivity contribution in [2.45, 2.75) is 16.5 Å². The normalized spacial score (nSPS) is 12.4. The summed E-state index contributed by atoms with van der Waals surface area (Å²) < 4.78 is 8.21. The van der Waals surface area contributed by atoms with E-state index in [4.69, 9.17) is 4.74 Å². The van der Waals surface area contributed by atoms with Gasteiger partial charge in [-0.3, -0.25) is 9.79 Å². The van der Waals surface area contributed by atoms with Gasteiger partial charge in [0.2, 0.25) is 5.91 Å². The quantitative estimate of drug-likeness (QED) is 0.220. The summed E-state index contributed by atoms with van der Waals surface area (Å²) in [6.45, 7) is 1.86. The molecule has 2 heterocycles. The fraction of sp³-hybridized carbons (Fsp3) is 0.143. The van der Waals surface area contributed by atoms with Crippen molar-refractivity contribution in [2.75, 3.05) is 12.4 Å². The maximum absolute atomic E-state index is 12.4. The average molecular weight is 533 g/mol. The third-order valence-corrected chi connectivity index (χ3v) is 7.60. The molecular weight excluding hydrogens is 516 g/mol. The van der Waals surface area contributed by atoms with Crippen LogP contribution in [0.15, 0.2) is 61.8 Å². The minimum absolute atomic E-state index is 0.0903. The number of anilines is 1. The number of carbonyl (C=O) groups excluding carboxylic acids is 1. The van der Waals surface area contributed by atoms with Crippen molar-refractivity contribution in [3.8, 4) is 5.75 Å². The van der Waals surface area contributed by atoms with Crippen molar-refractivity contribution >= 4 is 83.5 Å². The Bertz CT molecular complexity index is 1240. The first-order valence-electron chi connectivity index (χ1n) is 9.17. The van der Waals surface area contributed by atoms with Crippen LogP contribution in [0.5, 0.6) is 5.75 Å². The molecular formula is C21H17BrN4O2S3. The summed E-state index contributed by atoms with van der Waals surface area (Å²) in [7, 11) is 1.64. The molecule has 0 aliphatic rings. The first-order valence-corrected chi connectivity index (χ1v) is 12.5. The zero-order chi connectivity index (χ0) is 21.8. The van der Waals surface area contributed by atoms with Crippen molar-refractivity contribution < 1.29 is 9.53 Å². The van der Waals surface area contributed by atoms with E-state index >= 15 is 0 Å². The van der Waals surface area contributed by atoms with Crippen molar-refractivity contribution in [3.05, 3.63) is 58.0 Å². The number of methoxy groups -OCH3 is 1. The Balaban J connectivity index is 1.48. The molecule has 0 spiro atoms. The topological polar surface area (TPSA) is 76.5 Å². The van der Waals surface area contributed by atoms with Crippen LogP contribution in [0.3, 0.4) is 0 Å². The van der Waals surface area contributed by atoms with Gasteiger partial charge in [0.05, 0.1) is 28.3 Å². The number of benzene rings is 2. The number of hydrogen-bond acceptors (Lipinski definition) is 8. The molecule has 10 heteroatoms. The van der Waals surface area contributed by atoms with Crippen LogP contribution in [0.25, 0.3) is 10.2 Å². The van der Waals surface area contributed by atoms with Crippen LogP contribution in [-0.4, -0.2) is 34.4 Å². The summed E-state index contributed by atoms with van der Waals surface area (Å²) in [5.41, 5.74) is 2.60. The van der Waals surface area contributed by atoms with E-state index in [9.17, 15) is 4.79 Å². The van der Waals surface area contributed by atoms with E-state index in [-0.39, 0.29) is 11.2 Å². The largest absolute Gasteiger partial charge is 0.496 e. The molecule has 0 unspecified atom stereocenters. The van der Waals surface area contributed by atoms with Crippen molar-refractivity contribution in [1.29, 1.82) is 0 Å². The molecule has 0 aliphatic heterocycles. The Morgan fingerprint density at radius 3 is 2.97 bits per heavy atom. The van der Waals surface area contributed by atoms with Gasteiger partial charge in [-0.25, -0.2) is 9.97 Å². The number of fused-ring (bicyclic) bond motifs is 1. The van der Waals surface area contributed by atoms with Crippen LogP contribution < -0.4 is 10.1 Å². The number of carbonyl (C=O) groups is 1. The van der Waals surface area contributed by atoms with Gasteiger partial charge in [0.15, 0.2) is 9.47 Å². The van der Waals surface area contributed by atoms with Gasteiger partial charge >= 0.3 is 0 Å². The predicted molar refractivity (Wildman–Crippen MR) is 134 cm³/mol. The number of halogens is 1. The van der Waals surface area contributed by atoms with Crippen LogP contribution in [0.4, 0.5) is 10.8 Å². The zero-order valence-corrected chi connectivity index (χ0v) is 20.6. The zero-order valence-electron chi connectivity index (χ0n) is 16.5. The van der Waals surface area contributed by atoms with Crippen LogP contribution in [0.2, 0.25) is 0 Å². The van der Waals surface area contributed by atoms with Gasteiger partial charge in [-0.15, -0.1) is 22.7 Å². The number of aromatic nitrogens is 2. The van der Waals surface area contributed by atoms with Crippen molar-refractivity contribution in [3.63, 3.8) is 0 Å². The number of rotatable bonds is 7. The highest BCUT2D eigenvalue weighted by Gasteiger charge is 2.18. The molecule has 1 N–H and O–H groups in total. The SMILES string of the molecule is COc1ccc(Br)cc1C=Nc1ccc2nc(S[C@@H](C)C(=O)Nc3nccs3)sc2c1. The Kier molecular flexibility index (Phi) is 7.01. The lowest BCUT2D eigenvalue weighted by Gasteiger charge is -2.07. The molecule has 0 saturated heterocycles. The first kappa shape index (κ1) is 21.9. The molecule has 0 bridgehead atoms. The van der Waals surface area contributed by atoms with E-state index in [1.165, 1.54) is 23.1 Å². The summed E-state index contributed by atoms with van der Waals surface area (Å²) >= 11 is 7.86. The van der Waals surface area contributed by atoms with E-state index in [2.05, 4.69) is 36.2 Å². The predicted octanol–water partition coefficient (Wildman–Crippen LogP) is 6.39. The number of hydrogen-bond donors (Lipinski definition) is 1. The fourth-order valence-corrected chi connectivity index (χ4v) is 5.82. The molecule has 31 heavy (non-hydrogen) atoms. The van der Waals surface area contributed by atoms with Crippen molar-refractivity contribution in [1.82, 2.24) is 9.97 Å². The Labute approximate surface area is 199 Å². The van der Waals surface area contributed by atoms with Gasteiger partial charge in [-0.05, 0) is 43.3 Å². The maximum Gasteiger partial charge on any atom is 0.239 e. The van der Waals surface area contributed by atoms with Crippen LogP contribution in [-0.2, 0) is 4.79 Å². The van der Waals surface area contributed by atoms with Gasteiger partial charge in [-0.2, -0.15) is 0 Å². The molecule has 2 aromatic carbocycles. The van der Waals surface area contributed by atoms with Crippen molar-refractivity contribution in [2.24, 2.45) is 4.99 Å². The van der Waals surface area contributed by atoms with E-state index in [0.717, 1.165) is 36.0 Å². The molecule has 0 radical (unpaired) electrons. The highest BCUT2D eigenvalue weighted by atomic mass is 79.9. The minimum Gasteiger partial charge on any atom is -0.496 e. The second-order valence-corrected chi connectivity index (χ2v) is 10.8. The smallest absolute Gasteiger partial charge is 0.239 e. The molecule has 0 aliphatic carbocycles. The van der Waals surface area contributed by atoms with Gasteiger partial charge in [0.1, 0.15) is 5.75 Å².